The summed E-state index contributed by atoms with van der Waals surface area (Å²) >= 11 is 0. The summed E-state index contributed by atoms with van der Waals surface area (Å²) in [6.07, 6.45) is 2.26. The maximum absolute atomic E-state index is 12.2. The van der Waals surface area contributed by atoms with Crippen LogP contribution < -0.4 is 5.32 Å². The van der Waals surface area contributed by atoms with Gasteiger partial charge in [-0.25, -0.2) is 0 Å². The molecule has 2 fully saturated rings. The van der Waals surface area contributed by atoms with Gasteiger partial charge in [-0.1, -0.05) is 12.1 Å². The van der Waals surface area contributed by atoms with Crippen molar-refractivity contribution in [3.8, 4) is 0 Å². The molecule has 2 heterocycles. The van der Waals surface area contributed by atoms with Crippen molar-refractivity contribution in [1.82, 2.24) is 15.4 Å². The van der Waals surface area contributed by atoms with E-state index in [0.717, 1.165) is 31.7 Å². The van der Waals surface area contributed by atoms with Crippen molar-refractivity contribution in [2.75, 3.05) is 26.2 Å². The number of rotatable bonds is 5. The summed E-state index contributed by atoms with van der Waals surface area (Å²) in [7, 11) is 0. The minimum Gasteiger partial charge on any atom is -0.395 e. The molecule has 2 N–H and O–H groups in total. The predicted octanol–water partition coefficient (Wildman–Crippen LogP) is 0.594. The molecule has 20 heavy (non-hydrogen) atoms. The van der Waals surface area contributed by atoms with Crippen molar-refractivity contribution in [2.24, 2.45) is 5.92 Å². The summed E-state index contributed by atoms with van der Waals surface area (Å²) in [5.74, 6) is 1.51. The Bertz CT molecular complexity index is 484. The van der Waals surface area contributed by atoms with Crippen molar-refractivity contribution >= 4 is 5.91 Å². The van der Waals surface area contributed by atoms with Crippen LogP contribution in [0.4, 0.5) is 0 Å². The van der Waals surface area contributed by atoms with Gasteiger partial charge in [0.25, 0.3) is 5.91 Å². The molecule has 6 nitrogen and oxygen atoms in total. The highest BCUT2D eigenvalue weighted by atomic mass is 16.5. The molecule has 2 aliphatic rings. The van der Waals surface area contributed by atoms with Gasteiger partial charge in [0.2, 0.25) is 0 Å². The quantitative estimate of drug-likeness (QED) is 0.825. The monoisotopic (exact) mass is 279 g/mol. The molecule has 1 amide bonds. The molecule has 1 aliphatic heterocycles. The van der Waals surface area contributed by atoms with E-state index < -0.39 is 0 Å². The van der Waals surface area contributed by atoms with Crippen LogP contribution in [0, 0.1) is 5.92 Å². The Hall–Kier alpha value is -1.40. The van der Waals surface area contributed by atoms with E-state index >= 15 is 0 Å². The molecule has 1 saturated carbocycles. The Labute approximate surface area is 118 Å². The van der Waals surface area contributed by atoms with E-state index in [1.807, 2.05) is 0 Å². The zero-order valence-corrected chi connectivity index (χ0v) is 11.7. The molecular weight excluding hydrogens is 258 g/mol. The molecule has 1 aromatic rings. The molecule has 110 valence electrons. The van der Waals surface area contributed by atoms with Gasteiger partial charge in [-0.3, -0.25) is 9.69 Å². The highest BCUT2D eigenvalue weighted by Crippen LogP contribution is 2.40. The van der Waals surface area contributed by atoms with Crippen LogP contribution in [-0.2, 0) is 0 Å². The third-order valence-corrected chi connectivity index (χ3v) is 4.16. The van der Waals surface area contributed by atoms with Crippen LogP contribution >= 0.6 is 0 Å². The van der Waals surface area contributed by atoms with Gasteiger partial charge in [-0.15, -0.1) is 0 Å². The number of nitrogens with zero attached hydrogens (tertiary/aromatic N) is 2. The zero-order chi connectivity index (χ0) is 14.1. The molecule has 0 bridgehead atoms. The number of aliphatic hydroxyl groups excluding tert-OH is 1. The molecule has 1 saturated heterocycles. The normalized spacial score (nSPS) is 26.9. The van der Waals surface area contributed by atoms with E-state index in [-0.39, 0.29) is 18.6 Å². The fourth-order valence-electron chi connectivity index (χ4n) is 2.78. The van der Waals surface area contributed by atoms with E-state index in [4.69, 9.17) is 9.63 Å². The third-order valence-electron chi connectivity index (χ3n) is 4.16. The Balaban J connectivity index is 1.57. The number of hydrogen-bond donors (Lipinski definition) is 2. The van der Waals surface area contributed by atoms with E-state index in [2.05, 4.69) is 22.3 Å². The van der Waals surface area contributed by atoms with Crippen molar-refractivity contribution < 1.29 is 14.4 Å². The van der Waals surface area contributed by atoms with Gasteiger partial charge >= 0.3 is 0 Å². The molecule has 0 spiro atoms. The van der Waals surface area contributed by atoms with Crippen molar-refractivity contribution in [3.05, 3.63) is 17.5 Å². The second kappa shape index (κ2) is 5.54. The smallest absolute Gasteiger partial charge is 0.273 e. The lowest BCUT2D eigenvalue weighted by molar-refractivity contribution is 0.0922. The molecule has 1 aliphatic carbocycles. The minimum atomic E-state index is -0.164. The molecule has 0 aromatic carbocycles. The van der Waals surface area contributed by atoms with E-state index in [1.165, 1.54) is 0 Å². The molecule has 6 heteroatoms. The fourth-order valence-corrected chi connectivity index (χ4v) is 2.78. The predicted molar refractivity (Wildman–Crippen MR) is 72.4 cm³/mol. The molecular formula is C14H21N3O3. The number of carbonyl (C=O) groups excluding carboxylic acids is 1. The van der Waals surface area contributed by atoms with Crippen LogP contribution in [-0.4, -0.2) is 53.4 Å². The van der Waals surface area contributed by atoms with Crippen LogP contribution in [0.5, 0.6) is 0 Å². The van der Waals surface area contributed by atoms with Gasteiger partial charge in [0, 0.05) is 37.7 Å². The maximum Gasteiger partial charge on any atom is 0.273 e. The number of aliphatic hydroxyl groups is 1. The Morgan fingerprint density at radius 3 is 3.05 bits per heavy atom. The summed E-state index contributed by atoms with van der Waals surface area (Å²) in [5, 5.41) is 15.8. The van der Waals surface area contributed by atoms with Gasteiger partial charge in [0.05, 0.1) is 6.61 Å². The van der Waals surface area contributed by atoms with Crippen LogP contribution in [0.25, 0.3) is 0 Å². The number of hydrogen-bond acceptors (Lipinski definition) is 5. The number of likely N-dealkylation sites (tertiary alicyclic amines) is 1. The SMILES string of the molecule is C[C@H]1CN(CCO)C[C@H]1NC(=O)c1cc(C2CC2)on1. The Morgan fingerprint density at radius 1 is 1.55 bits per heavy atom. The number of aromatic nitrogens is 1. The van der Waals surface area contributed by atoms with Gasteiger partial charge in [-0.05, 0) is 18.8 Å². The molecule has 3 rings (SSSR count). The zero-order valence-electron chi connectivity index (χ0n) is 11.7. The summed E-state index contributed by atoms with van der Waals surface area (Å²) in [6, 6.07) is 1.87. The molecule has 1 aromatic heterocycles. The van der Waals surface area contributed by atoms with Gasteiger partial charge in [0.15, 0.2) is 5.69 Å². The molecule has 2 atom stereocenters. The topological polar surface area (TPSA) is 78.6 Å². The highest BCUT2D eigenvalue weighted by molar-refractivity contribution is 5.92. The average molecular weight is 279 g/mol. The standard InChI is InChI=1S/C14H21N3O3/c1-9-7-17(4-5-18)8-12(9)15-14(19)11-6-13(20-16-11)10-2-3-10/h6,9-10,12,18H,2-5,7-8H2,1H3,(H,15,19)/t9-,12+/m0/s1. The second-order valence-electron chi connectivity index (χ2n) is 5.93. The lowest BCUT2D eigenvalue weighted by Crippen LogP contribution is -2.40. The largest absolute Gasteiger partial charge is 0.395 e. The number of nitrogens with one attached hydrogen (secondary N) is 1. The first kappa shape index (κ1) is 13.6. The van der Waals surface area contributed by atoms with Crippen LogP contribution in [0.1, 0.15) is 41.9 Å². The Morgan fingerprint density at radius 2 is 2.35 bits per heavy atom. The van der Waals surface area contributed by atoms with Gasteiger partial charge in [0.1, 0.15) is 5.76 Å². The average Bonchev–Trinajstić information content (AvgIpc) is 3.05. The van der Waals surface area contributed by atoms with E-state index in [0.29, 0.717) is 24.1 Å². The second-order valence-corrected chi connectivity index (χ2v) is 5.93. The first-order chi connectivity index (χ1) is 9.67. The lowest BCUT2D eigenvalue weighted by atomic mass is 10.1. The van der Waals surface area contributed by atoms with Crippen molar-refractivity contribution in [3.63, 3.8) is 0 Å². The van der Waals surface area contributed by atoms with Crippen molar-refractivity contribution in [1.29, 1.82) is 0 Å². The lowest BCUT2D eigenvalue weighted by Gasteiger charge is -2.15. The first-order valence-electron chi connectivity index (χ1n) is 7.28. The highest BCUT2D eigenvalue weighted by Gasteiger charge is 2.32. The molecule has 0 unspecified atom stereocenters. The van der Waals surface area contributed by atoms with Crippen LogP contribution in [0.2, 0.25) is 0 Å². The first-order valence-corrected chi connectivity index (χ1v) is 7.28. The Kier molecular flexibility index (Phi) is 3.76. The van der Waals surface area contributed by atoms with E-state index in [1.54, 1.807) is 6.07 Å². The number of β-amino-alcohol motifs (C(OH)–C–C–N with tert-alkyl or cyclic N) is 1. The number of carbonyl (C=O) groups is 1. The maximum atomic E-state index is 12.2. The van der Waals surface area contributed by atoms with Crippen LogP contribution in [0.15, 0.2) is 10.6 Å². The summed E-state index contributed by atoms with van der Waals surface area (Å²) in [4.78, 5) is 14.3. The fraction of sp³-hybridized carbons (Fsp3) is 0.714. The summed E-state index contributed by atoms with van der Waals surface area (Å²) in [6.45, 7) is 4.60. The third kappa shape index (κ3) is 2.86. The summed E-state index contributed by atoms with van der Waals surface area (Å²) in [5.41, 5.74) is 0.375. The number of amides is 1. The minimum absolute atomic E-state index is 0.107. The van der Waals surface area contributed by atoms with Crippen LogP contribution in [0.3, 0.4) is 0 Å². The van der Waals surface area contributed by atoms with Gasteiger partial charge < -0.3 is 14.9 Å². The van der Waals surface area contributed by atoms with Gasteiger partial charge in [-0.2, -0.15) is 0 Å². The summed E-state index contributed by atoms with van der Waals surface area (Å²) < 4.78 is 5.21. The van der Waals surface area contributed by atoms with Crippen molar-refractivity contribution in [2.45, 2.75) is 31.7 Å². The molecule has 0 radical (unpaired) electrons. The van der Waals surface area contributed by atoms with E-state index in [9.17, 15) is 4.79 Å².